The second-order valence-electron chi connectivity index (χ2n) is 6.24. The summed E-state index contributed by atoms with van der Waals surface area (Å²) >= 11 is 0. The van der Waals surface area contributed by atoms with E-state index in [1.165, 1.54) is 0 Å². The first-order valence-electron chi connectivity index (χ1n) is 8.25. The first-order chi connectivity index (χ1) is 11.6. The van der Waals surface area contributed by atoms with E-state index < -0.39 is 11.8 Å². The van der Waals surface area contributed by atoms with Gasteiger partial charge in [-0.15, -0.1) is 0 Å². The maximum absolute atomic E-state index is 12.1. The largest absolute Gasteiger partial charge is 0.334 e. The van der Waals surface area contributed by atoms with Crippen molar-refractivity contribution in [3.63, 3.8) is 0 Å². The molecule has 0 aliphatic carbocycles. The van der Waals surface area contributed by atoms with Crippen LogP contribution in [0.2, 0.25) is 0 Å². The van der Waals surface area contributed by atoms with Crippen molar-refractivity contribution in [1.82, 2.24) is 10.3 Å². The van der Waals surface area contributed by atoms with Gasteiger partial charge in [-0.05, 0) is 29.5 Å². The molecule has 0 spiro atoms. The number of likely N-dealkylation sites (tertiary alicyclic amines) is 1. The van der Waals surface area contributed by atoms with Crippen molar-refractivity contribution in [2.24, 2.45) is 11.0 Å². The zero-order valence-electron chi connectivity index (χ0n) is 13.7. The van der Waals surface area contributed by atoms with Crippen molar-refractivity contribution in [3.8, 4) is 0 Å². The van der Waals surface area contributed by atoms with Crippen molar-refractivity contribution < 1.29 is 9.59 Å². The van der Waals surface area contributed by atoms with Crippen LogP contribution in [0.1, 0.15) is 25.3 Å². The second-order valence-corrected chi connectivity index (χ2v) is 6.24. The number of carbonyl (C=O) groups is 2. The highest BCUT2D eigenvalue weighted by Gasteiger charge is 2.25. The first kappa shape index (κ1) is 16.2. The van der Waals surface area contributed by atoms with Crippen LogP contribution in [0, 0.1) is 5.92 Å². The monoisotopic (exact) mass is 323 g/mol. The summed E-state index contributed by atoms with van der Waals surface area (Å²) in [6, 6.07) is 13.8. The Morgan fingerprint density at radius 2 is 1.83 bits per heavy atom. The summed E-state index contributed by atoms with van der Waals surface area (Å²) in [5, 5.41) is 6.10. The molecule has 1 aliphatic heterocycles. The molecular formula is C19H21N3O2. The molecule has 24 heavy (non-hydrogen) atoms. The minimum absolute atomic E-state index is 0.503. The molecule has 5 heteroatoms. The van der Waals surface area contributed by atoms with Gasteiger partial charge in [0.2, 0.25) is 0 Å². The minimum Gasteiger partial charge on any atom is -0.334 e. The number of nitrogens with one attached hydrogen (secondary N) is 1. The summed E-state index contributed by atoms with van der Waals surface area (Å²) in [6.07, 6.45) is 3.46. The van der Waals surface area contributed by atoms with E-state index in [2.05, 4.69) is 17.5 Å². The third-order valence-electron chi connectivity index (χ3n) is 4.46. The van der Waals surface area contributed by atoms with E-state index in [0.717, 1.165) is 29.2 Å². The summed E-state index contributed by atoms with van der Waals surface area (Å²) in [7, 11) is 0. The predicted octanol–water partition coefficient (Wildman–Crippen LogP) is 2.55. The fraction of sp³-hybridized carbons (Fsp3) is 0.316. The first-order valence-corrected chi connectivity index (χ1v) is 8.25. The highest BCUT2D eigenvalue weighted by Crippen LogP contribution is 2.17. The molecule has 0 atom stereocenters. The molecule has 124 valence electrons. The van der Waals surface area contributed by atoms with Crippen LogP contribution < -0.4 is 5.43 Å². The number of fused-ring (bicyclic) bond motifs is 1. The van der Waals surface area contributed by atoms with Crippen molar-refractivity contribution in [2.45, 2.75) is 19.8 Å². The lowest BCUT2D eigenvalue weighted by Gasteiger charge is -2.29. The summed E-state index contributed by atoms with van der Waals surface area (Å²) in [5.74, 6) is -0.570. The van der Waals surface area contributed by atoms with Crippen molar-refractivity contribution in [3.05, 3.63) is 48.0 Å². The normalized spacial score (nSPS) is 15.8. The highest BCUT2D eigenvalue weighted by atomic mass is 16.2. The van der Waals surface area contributed by atoms with E-state index in [1.54, 1.807) is 11.1 Å². The lowest BCUT2D eigenvalue weighted by atomic mass is 9.99. The van der Waals surface area contributed by atoms with Crippen LogP contribution in [0.15, 0.2) is 47.6 Å². The Labute approximate surface area is 141 Å². The molecule has 1 heterocycles. The van der Waals surface area contributed by atoms with Crippen LogP contribution in [0.3, 0.4) is 0 Å². The molecule has 0 aromatic heterocycles. The Bertz CT molecular complexity index is 772. The third-order valence-corrected chi connectivity index (χ3v) is 4.46. The number of carbonyl (C=O) groups excluding carboxylic acids is 2. The maximum atomic E-state index is 12.1. The van der Waals surface area contributed by atoms with Crippen LogP contribution in [0.5, 0.6) is 0 Å². The number of hydrazone groups is 1. The summed E-state index contributed by atoms with van der Waals surface area (Å²) < 4.78 is 0. The zero-order chi connectivity index (χ0) is 16.9. The average molecular weight is 323 g/mol. The van der Waals surface area contributed by atoms with Gasteiger partial charge >= 0.3 is 11.8 Å². The Kier molecular flexibility index (Phi) is 4.89. The van der Waals surface area contributed by atoms with E-state index in [4.69, 9.17) is 0 Å². The van der Waals surface area contributed by atoms with Gasteiger partial charge in [0.05, 0.1) is 6.21 Å². The summed E-state index contributed by atoms with van der Waals surface area (Å²) in [6.45, 7) is 3.44. The topological polar surface area (TPSA) is 61.8 Å². The van der Waals surface area contributed by atoms with Gasteiger partial charge in [-0.3, -0.25) is 9.59 Å². The second kappa shape index (κ2) is 7.25. The van der Waals surface area contributed by atoms with Crippen molar-refractivity contribution >= 4 is 28.8 Å². The number of piperidine rings is 1. The number of benzene rings is 2. The standard InChI is InChI=1S/C19H21N3O2/c1-14-9-11-22(12-10-14)19(24)18(23)21-20-13-16-7-4-6-15-5-2-3-8-17(15)16/h2-8,13-14H,9-12H2,1H3,(H,21,23). The SMILES string of the molecule is CC1CCN(C(=O)C(=O)NN=Cc2cccc3ccccc23)CC1. The molecule has 1 N–H and O–H groups in total. The van der Waals surface area contributed by atoms with Gasteiger partial charge in [0.1, 0.15) is 0 Å². The molecule has 5 nitrogen and oxygen atoms in total. The van der Waals surface area contributed by atoms with Crippen LogP contribution in [0.4, 0.5) is 0 Å². The highest BCUT2D eigenvalue weighted by molar-refractivity contribution is 6.35. The number of hydrogen-bond donors (Lipinski definition) is 1. The van der Waals surface area contributed by atoms with Gasteiger partial charge in [0.15, 0.2) is 0 Å². The Morgan fingerprint density at radius 1 is 1.12 bits per heavy atom. The molecule has 2 amide bonds. The Morgan fingerprint density at radius 3 is 2.62 bits per heavy atom. The molecule has 2 aromatic rings. The quantitative estimate of drug-likeness (QED) is 0.524. The van der Waals surface area contributed by atoms with E-state index in [9.17, 15) is 9.59 Å². The number of amides is 2. The van der Waals surface area contributed by atoms with Crippen molar-refractivity contribution in [1.29, 1.82) is 0 Å². The number of rotatable bonds is 2. The van der Waals surface area contributed by atoms with E-state index >= 15 is 0 Å². The van der Waals surface area contributed by atoms with Gasteiger partial charge in [-0.2, -0.15) is 5.10 Å². The molecule has 1 saturated heterocycles. The lowest BCUT2D eigenvalue weighted by molar-refractivity contribution is -0.146. The minimum atomic E-state index is -0.680. The van der Waals surface area contributed by atoms with Gasteiger partial charge in [-0.1, -0.05) is 49.4 Å². The summed E-state index contributed by atoms with van der Waals surface area (Å²) in [4.78, 5) is 25.7. The smallest absolute Gasteiger partial charge is 0.329 e. The molecule has 1 aliphatic rings. The van der Waals surface area contributed by atoms with Gasteiger partial charge < -0.3 is 4.90 Å². The molecule has 3 rings (SSSR count). The predicted molar refractivity (Wildman–Crippen MR) is 94.7 cm³/mol. The van der Waals surface area contributed by atoms with Crippen molar-refractivity contribution in [2.75, 3.05) is 13.1 Å². The fourth-order valence-electron chi connectivity index (χ4n) is 2.93. The van der Waals surface area contributed by atoms with Crippen LogP contribution in [0.25, 0.3) is 10.8 Å². The van der Waals surface area contributed by atoms with Crippen LogP contribution in [-0.4, -0.2) is 36.0 Å². The van der Waals surface area contributed by atoms with Gasteiger partial charge in [0.25, 0.3) is 0 Å². The summed E-state index contributed by atoms with van der Waals surface area (Å²) in [5.41, 5.74) is 3.24. The maximum Gasteiger partial charge on any atom is 0.329 e. The van der Waals surface area contributed by atoms with E-state index in [0.29, 0.717) is 19.0 Å². The molecule has 1 fully saturated rings. The molecule has 0 radical (unpaired) electrons. The van der Waals surface area contributed by atoms with E-state index in [-0.39, 0.29) is 0 Å². The lowest BCUT2D eigenvalue weighted by Crippen LogP contribution is -2.45. The zero-order valence-corrected chi connectivity index (χ0v) is 13.7. The van der Waals surface area contributed by atoms with Crippen LogP contribution in [-0.2, 0) is 9.59 Å². The number of hydrogen-bond acceptors (Lipinski definition) is 3. The molecule has 2 aromatic carbocycles. The third kappa shape index (κ3) is 3.62. The molecule has 0 saturated carbocycles. The number of nitrogens with zero attached hydrogens (tertiary/aromatic N) is 2. The Balaban J connectivity index is 1.63. The Hall–Kier alpha value is -2.69. The van der Waals surface area contributed by atoms with Gasteiger partial charge in [0, 0.05) is 18.7 Å². The van der Waals surface area contributed by atoms with Gasteiger partial charge in [-0.25, -0.2) is 5.43 Å². The van der Waals surface area contributed by atoms with Crippen LogP contribution >= 0.6 is 0 Å². The molecule has 0 unspecified atom stereocenters. The van der Waals surface area contributed by atoms with E-state index in [1.807, 2.05) is 42.5 Å². The average Bonchev–Trinajstić information content (AvgIpc) is 2.62. The molecule has 0 bridgehead atoms. The fourth-order valence-corrected chi connectivity index (χ4v) is 2.93. The molecular weight excluding hydrogens is 302 g/mol.